The van der Waals surface area contributed by atoms with Gasteiger partial charge in [-0.2, -0.15) is 0 Å². The standard InChI is InChI=1S/C17H14INO4/c1-8-2-3-9(4-10(8)18)14-15-11(5-22-7-13(15)20)19-12-6-23-17(21)16(12)14/h2-4,14,19H,5-7H2,1H3. The zero-order chi connectivity index (χ0) is 16.1. The molecule has 0 amide bonds. The number of rotatable bonds is 1. The molecule has 0 radical (unpaired) electrons. The van der Waals surface area contributed by atoms with Gasteiger partial charge in [0.25, 0.3) is 0 Å². The van der Waals surface area contributed by atoms with E-state index in [1.165, 1.54) is 5.56 Å². The first-order valence-electron chi connectivity index (χ1n) is 7.33. The number of hydrogen-bond donors (Lipinski definition) is 1. The molecule has 1 unspecified atom stereocenters. The van der Waals surface area contributed by atoms with Gasteiger partial charge < -0.3 is 14.8 Å². The van der Waals surface area contributed by atoms with Crippen molar-refractivity contribution in [1.29, 1.82) is 0 Å². The molecule has 0 fully saturated rings. The summed E-state index contributed by atoms with van der Waals surface area (Å²) in [6, 6.07) is 6.04. The quantitative estimate of drug-likeness (QED) is 0.553. The molecule has 118 valence electrons. The fourth-order valence-electron chi connectivity index (χ4n) is 3.27. The number of cyclic esters (lactones) is 1. The van der Waals surface area contributed by atoms with Gasteiger partial charge in [-0.25, -0.2) is 4.79 Å². The van der Waals surface area contributed by atoms with Crippen LogP contribution in [0.5, 0.6) is 0 Å². The van der Waals surface area contributed by atoms with Gasteiger partial charge in [0.15, 0.2) is 5.78 Å². The molecule has 3 heterocycles. The van der Waals surface area contributed by atoms with E-state index in [2.05, 4.69) is 27.9 Å². The number of nitrogens with one attached hydrogen (secondary N) is 1. The molecule has 0 aromatic heterocycles. The van der Waals surface area contributed by atoms with Gasteiger partial charge in [0.2, 0.25) is 0 Å². The Bertz CT molecular complexity index is 809. The highest BCUT2D eigenvalue weighted by Gasteiger charge is 2.43. The number of carbonyl (C=O) groups is 2. The molecule has 1 atom stereocenters. The van der Waals surface area contributed by atoms with Gasteiger partial charge in [-0.05, 0) is 46.7 Å². The van der Waals surface area contributed by atoms with E-state index in [9.17, 15) is 9.59 Å². The number of ketones is 1. The summed E-state index contributed by atoms with van der Waals surface area (Å²) in [4.78, 5) is 24.7. The maximum Gasteiger partial charge on any atom is 0.337 e. The molecule has 4 rings (SSSR count). The van der Waals surface area contributed by atoms with Crippen molar-refractivity contribution in [3.63, 3.8) is 0 Å². The SMILES string of the molecule is Cc1ccc(C2C3=C(COCC3=O)NC3=C2C(=O)OC3)cc1I. The Balaban J connectivity index is 1.91. The predicted molar refractivity (Wildman–Crippen MR) is 90.6 cm³/mol. The van der Waals surface area contributed by atoms with Crippen LogP contribution in [0.15, 0.2) is 40.7 Å². The van der Waals surface area contributed by atoms with Crippen molar-refractivity contribution in [3.05, 3.63) is 55.4 Å². The van der Waals surface area contributed by atoms with E-state index in [1.807, 2.05) is 25.1 Å². The summed E-state index contributed by atoms with van der Waals surface area (Å²) >= 11 is 2.27. The Labute approximate surface area is 146 Å². The van der Waals surface area contributed by atoms with Gasteiger partial charge in [0, 0.05) is 20.8 Å². The third-order valence-electron chi connectivity index (χ3n) is 4.41. The highest BCUT2D eigenvalue weighted by Crippen LogP contribution is 2.42. The molecule has 0 bridgehead atoms. The van der Waals surface area contributed by atoms with Crippen LogP contribution < -0.4 is 5.32 Å². The Kier molecular flexibility index (Phi) is 3.53. The van der Waals surface area contributed by atoms with E-state index in [1.54, 1.807) is 0 Å². The minimum atomic E-state index is -0.373. The lowest BCUT2D eigenvalue weighted by Gasteiger charge is -2.32. The van der Waals surface area contributed by atoms with Crippen molar-refractivity contribution < 1.29 is 19.1 Å². The molecular formula is C17H14INO4. The molecule has 5 nitrogen and oxygen atoms in total. The maximum atomic E-state index is 12.5. The predicted octanol–water partition coefficient (Wildman–Crippen LogP) is 1.95. The lowest BCUT2D eigenvalue weighted by Crippen LogP contribution is -2.37. The fraction of sp³-hybridized carbons (Fsp3) is 0.294. The summed E-state index contributed by atoms with van der Waals surface area (Å²) in [5.41, 5.74) is 4.79. The van der Waals surface area contributed by atoms with E-state index in [-0.39, 0.29) is 30.9 Å². The minimum Gasteiger partial charge on any atom is -0.456 e. The van der Waals surface area contributed by atoms with E-state index < -0.39 is 0 Å². The average molecular weight is 423 g/mol. The Morgan fingerprint density at radius 3 is 2.70 bits per heavy atom. The van der Waals surface area contributed by atoms with Crippen molar-refractivity contribution >= 4 is 34.3 Å². The van der Waals surface area contributed by atoms with Crippen LogP contribution in [-0.4, -0.2) is 31.6 Å². The zero-order valence-corrected chi connectivity index (χ0v) is 14.6. The first-order valence-corrected chi connectivity index (χ1v) is 8.41. The molecular weight excluding hydrogens is 409 g/mol. The van der Waals surface area contributed by atoms with Crippen molar-refractivity contribution in [2.24, 2.45) is 0 Å². The Morgan fingerprint density at radius 1 is 1.13 bits per heavy atom. The molecule has 1 N–H and O–H groups in total. The maximum absolute atomic E-state index is 12.5. The second-order valence-corrected chi connectivity index (χ2v) is 7.01. The van der Waals surface area contributed by atoms with Crippen LogP contribution in [0.4, 0.5) is 0 Å². The third kappa shape index (κ3) is 2.31. The molecule has 0 saturated carbocycles. The summed E-state index contributed by atoms with van der Waals surface area (Å²) < 4.78 is 11.6. The molecule has 0 saturated heterocycles. The van der Waals surface area contributed by atoms with Gasteiger partial charge in [-0.3, -0.25) is 4.79 Å². The van der Waals surface area contributed by atoms with Crippen LogP contribution in [0.25, 0.3) is 0 Å². The summed E-state index contributed by atoms with van der Waals surface area (Å²) in [5, 5.41) is 3.17. The average Bonchev–Trinajstić information content (AvgIpc) is 2.90. The fourth-order valence-corrected chi connectivity index (χ4v) is 3.81. The molecule has 0 aliphatic carbocycles. The van der Waals surface area contributed by atoms with E-state index in [0.717, 1.165) is 20.5 Å². The smallest absolute Gasteiger partial charge is 0.337 e. The van der Waals surface area contributed by atoms with Crippen LogP contribution in [-0.2, 0) is 19.1 Å². The van der Waals surface area contributed by atoms with Crippen LogP contribution in [0.2, 0.25) is 0 Å². The number of benzene rings is 1. The van der Waals surface area contributed by atoms with Crippen LogP contribution in [0, 0.1) is 10.5 Å². The number of carbonyl (C=O) groups excluding carboxylic acids is 2. The van der Waals surface area contributed by atoms with E-state index >= 15 is 0 Å². The van der Waals surface area contributed by atoms with E-state index in [4.69, 9.17) is 9.47 Å². The molecule has 3 aliphatic heterocycles. The number of hydrogen-bond acceptors (Lipinski definition) is 5. The van der Waals surface area contributed by atoms with Crippen molar-refractivity contribution in [3.8, 4) is 0 Å². The molecule has 6 heteroatoms. The van der Waals surface area contributed by atoms with Crippen molar-refractivity contribution in [2.45, 2.75) is 12.8 Å². The number of aryl methyl sites for hydroxylation is 1. The number of Topliss-reactive ketones (excluding diaryl/α,β-unsaturated/α-hetero) is 1. The second-order valence-electron chi connectivity index (χ2n) is 5.84. The van der Waals surface area contributed by atoms with E-state index in [0.29, 0.717) is 17.8 Å². The van der Waals surface area contributed by atoms with Gasteiger partial charge in [-0.1, -0.05) is 12.1 Å². The normalized spacial score (nSPS) is 23.5. The number of halogens is 1. The van der Waals surface area contributed by atoms with Gasteiger partial charge in [0.1, 0.15) is 13.2 Å². The zero-order valence-electron chi connectivity index (χ0n) is 12.4. The first-order chi connectivity index (χ1) is 11.1. The molecule has 1 aromatic carbocycles. The Morgan fingerprint density at radius 2 is 1.91 bits per heavy atom. The number of ether oxygens (including phenoxy) is 2. The Hall–Kier alpha value is -1.67. The van der Waals surface area contributed by atoms with Gasteiger partial charge >= 0.3 is 5.97 Å². The third-order valence-corrected chi connectivity index (χ3v) is 5.57. The van der Waals surface area contributed by atoms with Crippen LogP contribution >= 0.6 is 22.6 Å². The molecule has 23 heavy (non-hydrogen) atoms. The molecule has 0 spiro atoms. The minimum absolute atomic E-state index is 0.0532. The second kappa shape index (κ2) is 5.45. The summed E-state index contributed by atoms with van der Waals surface area (Å²) in [6.07, 6.45) is 0. The van der Waals surface area contributed by atoms with Crippen molar-refractivity contribution in [1.82, 2.24) is 5.32 Å². The van der Waals surface area contributed by atoms with Gasteiger partial charge in [-0.15, -0.1) is 0 Å². The summed E-state index contributed by atoms with van der Waals surface area (Å²) in [5.74, 6) is -0.800. The topological polar surface area (TPSA) is 64.6 Å². The largest absolute Gasteiger partial charge is 0.456 e. The molecule has 1 aromatic rings. The summed E-state index contributed by atoms with van der Waals surface area (Å²) in [6.45, 7) is 2.66. The van der Waals surface area contributed by atoms with Crippen LogP contribution in [0.3, 0.4) is 0 Å². The van der Waals surface area contributed by atoms with Gasteiger partial charge in [0.05, 0.1) is 17.9 Å². The lowest BCUT2D eigenvalue weighted by molar-refractivity contribution is -0.136. The number of esters is 1. The van der Waals surface area contributed by atoms with Crippen LogP contribution in [0.1, 0.15) is 17.0 Å². The number of dihydropyridines is 1. The monoisotopic (exact) mass is 423 g/mol. The first kappa shape index (κ1) is 14.9. The van der Waals surface area contributed by atoms with Crippen molar-refractivity contribution in [2.75, 3.05) is 19.8 Å². The highest BCUT2D eigenvalue weighted by atomic mass is 127. The highest BCUT2D eigenvalue weighted by molar-refractivity contribution is 14.1. The molecule has 3 aliphatic rings. The lowest BCUT2D eigenvalue weighted by atomic mass is 9.78. The summed E-state index contributed by atoms with van der Waals surface area (Å²) in [7, 11) is 0.